The second-order valence-corrected chi connectivity index (χ2v) is 16.9. The smallest absolute Gasteiger partial charge is 0.343 e. The van der Waals surface area contributed by atoms with Gasteiger partial charge in [0.1, 0.15) is 17.3 Å². The molecule has 0 aliphatic rings. The first-order valence-corrected chi connectivity index (χ1v) is 23.5. The van der Waals surface area contributed by atoms with Crippen molar-refractivity contribution in [1.29, 1.82) is 0 Å². The van der Waals surface area contributed by atoms with Crippen LogP contribution in [0.25, 0.3) is 10.8 Å². The molecule has 0 saturated heterocycles. The maximum Gasteiger partial charge on any atom is 0.343 e. The van der Waals surface area contributed by atoms with Crippen LogP contribution in [0.5, 0.6) is 11.5 Å². The lowest BCUT2D eigenvalue weighted by atomic mass is 10.0. The Kier molecular flexibility index (Phi) is 21.4. The molecule has 0 amide bonds. The Morgan fingerprint density at radius 2 is 1.08 bits per heavy atom. The maximum atomic E-state index is 13.0. The summed E-state index contributed by atoms with van der Waals surface area (Å²) in [6, 6.07) is 31.5. The number of esters is 1. The first kappa shape index (κ1) is 47.9. The molecule has 5 rings (SSSR count). The van der Waals surface area contributed by atoms with Gasteiger partial charge >= 0.3 is 5.97 Å². The largest absolute Gasteiger partial charge is 0.494 e. The molecule has 1 aromatic heterocycles. The first-order chi connectivity index (χ1) is 30.4. The summed E-state index contributed by atoms with van der Waals surface area (Å²) < 4.78 is 17.3. The summed E-state index contributed by atoms with van der Waals surface area (Å²) >= 11 is 0. The molecule has 0 spiro atoms. The zero-order chi connectivity index (χ0) is 43.6. The second-order valence-electron chi connectivity index (χ2n) is 16.9. The van der Waals surface area contributed by atoms with Crippen molar-refractivity contribution in [2.75, 3.05) is 13.2 Å². The van der Waals surface area contributed by atoms with Crippen molar-refractivity contribution in [3.05, 3.63) is 137 Å². The number of ketones is 2. The number of pyridine rings is 1. The molecular formula is C55H69NO6. The highest BCUT2D eigenvalue weighted by atomic mass is 16.5. The van der Waals surface area contributed by atoms with Crippen LogP contribution in [0.1, 0.15) is 161 Å². The third kappa shape index (κ3) is 18.1. The molecule has 1 heterocycles. The van der Waals surface area contributed by atoms with Crippen LogP contribution in [-0.4, -0.2) is 41.8 Å². The number of nitrogens with zero attached hydrogens (tertiary/aromatic N) is 1. The first-order valence-electron chi connectivity index (χ1n) is 23.5. The number of aromatic nitrogens is 1. The number of carbonyl (C=O) groups is 3. The lowest BCUT2D eigenvalue weighted by Crippen LogP contribution is -2.09. The number of rotatable bonds is 31. The van der Waals surface area contributed by atoms with Gasteiger partial charge in [-0.25, -0.2) is 4.79 Å². The summed E-state index contributed by atoms with van der Waals surface area (Å²) in [4.78, 5) is 43.1. The monoisotopic (exact) mass is 840 g/mol. The minimum atomic E-state index is -0.474. The van der Waals surface area contributed by atoms with Gasteiger partial charge in [0, 0.05) is 43.3 Å². The zero-order valence-electron chi connectivity index (χ0n) is 37.4. The lowest BCUT2D eigenvalue weighted by Gasteiger charge is -2.09. The van der Waals surface area contributed by atoms with Crippen LogP contribution in [-0.2, 0) is 28.8 Å². The number of hydrogen-bond acceptors (Lipinski definition) is 7. The van der Waals surface area contributed by atoms with E-state index in [1.165, 1.54) is 96.3 Å². The third-order valence-corrected chi connectivity index (χ3v) is 11.6. The van der Waals surface area contributed by atoms with Crippen LogP contribution < -0.4 is 9.47 Å². The highest BCUT2D eigenvalue weighted by molar-refractivity contribution is 5.98. The predicted molar refractivity (Wildman–Crippen MR) is 252 cm³/mol. The number of ether oxygens (including phenoxy) is 3. The van der Waals surface area contributed by atoms with Crippen LogP contribution in [0.15, 0.2) is 109 Å². The van der Waals surface area contributed by atoms with E-state index in [0.717, 1.165) is 47.1 Å². The summed E-state index contributed by atoms with van der Waals surface area (Å²) in [5.41, 5.74) is 3.35. The molecule has 0 fully saturated rings. The molecule has 5 aromatic rings. The molecule has 0 N–H and O–H groups in total. The number of fused-ring (bicyclic) bond motifs is 1. The average Bonchev–Trinajstić information content (AvgIpc) is 3.29. The Morgan fingerprint density at radius 3 is 1.68 bits per heavy atom. The Balaban J connectivity index is 0.867. The molecule has 0 aliphatic carbocycles. The zero-order valence-corrected chi connectivity index (χ0v) is 37.4. The summed E-state index contributed by atoms with van der Waals surface area (Å²) in [5, 5.41) is 2.27. The maximum absolute atomic E-state index is 13.0. The minimum Gasteiger partial charge on any atom is -0.494 e. The van der Waals surface area contributed by atoms with Crippen LogP contribution in [0.3, 0.4) is 0 Å². The Labute approximate surface area is 371 Å². The molecule has 7 heteroatoms. The number of carbonyl (C=O) groups excluding carboxylic acids is 3. The van der Waals surface area contributed by atoms with Gasteiger partial charge < -0.3 is 14.2 Å². The summed E-state index contributed by atoms with van der Waals surface area (Å²) in [7, 11) is 0. The van der Waals surface area contributed by atoms with Gasteiger partial charge in [0.2, 0.25) is 0 Å². The van der Waals surface area contributed by atoms with Gasteiger partial charge in [-0.15, -0.1) is 0 Å². The third-order valence-electron chi connectivity index (χ3n) is 11.6. The molecule has 0 radical (unpaired) electrons. The van der Waals surface area contributed by atoms with Gasteiger partial charge in [0.25, 0.3) is 0 Å². The molecular weight excluding hydrogens is 771 g/mol. The number of unbranched alkanes of at least 4 members (excludes halogenated alkanes) is 15. The van der Waals surface area contributed by atoms with E-state index >= 15 is 0 Å². The van der Waals surface area contributed by atoms with E-state index in [4.69, 9.17) is 14.2 Å². The van der Waals surface area contributed by atoms with E-state index in [-0.39, 0.29) is 24.4 Å². The van der Waals surface area contributed by atoms with Crippen molar-refractivity contribution < 1.29 is 28.6 Å². The second kappa shape index (κ2) is 27.7. The fraction of sp³-hybridized carbons (Fsp3) is 0.455. The van der Waals surface area contributed by atoms with Crippen molar-refractivity contribution in [3.63, 3.8) is 0 Å². The molecule has 330 valence electrons. The average molecular weight is 840 g/mol. The van der Waals surface area contributed by atoms with E-state index < -0.39 is 5.97 Å². The van der Waals surface area contributed by atoms with E-state index in [2.05, 4.69) is 31.0 Å². The van der Waals surface area contributed by atoms with Gasteiger partial charge in [0.15, 0.2) is 5.78 Å². The van der Waals surface area contributed by atoms with Crippen LogP contribution in [0, 0.1) is 0 Å². The van der Waals surface area contributed by atoms with Crippen LogP contribution in [0.4, 0.5) is 0 Å². The normalized spacial score (nSPS) is 11.7. The fourth-order valence-corrected chi connectivity index (χ4v) is 7.63. The minimum absolute atomic E-state index is 0.0802. The van der Waals surface area contributed by atoms with Gasteiger partial charge in [-0.2, -0.15) is 0 Å². The van der Waals surface area contributed by atoms with Crippen molar-refractivity contribution in [1.82, 2.24) is 4.98 Å². The van der Waals surface area contributed by atoms with Gasteiger partial charge in [-0.05, 0) is 103 Å². The molecule has 7 nitrogen and oxygen atoms in total. The van der Waals surface area contributed by atoms with Crippen LogP contribution in [0.2, 0.25) is 0 Å². The Hall–Kier alpha value is -5.14. The van der Waals surface area contributed by atoms with Gasteiger partial charge in [-0.1, -0.05) is 145 Å². The van der Waals surface area contributed by atoms with Gasteiger partial charge in [-0.3, -0.25) is 14.6 Å². The number of benzene rings is 4. The van der Waals surface area contributed by atoms with Gasteiger partial charge in [0.05, 0.1) is 18.3 Å². The highest BCUT2D eigenvalue weighted by Gasteiger charge is 2.13. The molecule has 1 atom stereocenters. The summed E-state index contributed by atoms with van der Waals surface area (Å²) in [5.74, 6) is 0.629. The molecule has 1 unspecified atom stereocenters. The fourth-order valence-electron chi connectivity index (χ4n) is 7.63. The van der Waals surface area contributed by atoms with Crippen molar-refractivity contribution in [3.8, 4) is 11.5 Å². The van der Waals surface area contributed by atoms with Crippen molar-refractivity contribution >= 4 is 28.3 Å². The molecule has 4 aromatic carbocycles. The van der Waals surface area contributed by atoms with E-state index in [1.807, 2.05) is 42.5 Å². The summed E-state index contributed by atoms with van der Waals surface area (Å²) in [6.07, 6.45) is 24.9. The van der Waals surface area contributed by atoms with E-state index in [9.17, 15) is 14.4 Å². The van der Waals surface area contributed by atoms with E-state index in [1.54, 1.807) is 54.7 Å². The SMILES string of the molecule is CCC(C)OCCCCCCCCCCCCCCCCCCOc1ccc(C(=O)Oc2ccc(C(=O)Cc3ccc(CC(=O)Cc4ccc5ccccc5c4)nc3)cc2)cc1. The van der Waals surface area contributed by atoms with Crippen molar-refractivity contribution in [2.24, 2.45) is 0 Å². The lowest BCUT2D eigenvalue weighted by molar-refractivity contribution is -0.117. The topological polar surface area (TPSA) is 91.8 Å². The molecule has 0 bridgehead atoms. The number of Topliss-reactive ketones (excluding diaryl/α,β-unsaturated/α-hetero) is 2. The van der Waals surface area contributed by atoms with Crippen LogP contribution >= 0.6 is 0 Å². The molecule has 62 heavy (non-hydrogen) atoms. The molecule has 0 saturated carbocycles. The number of hydrogen-bond donors (Lipinski definition) is 0. The summed E-state index contributed by atoms with van der Waals surface area (Å²) in [6.45, 7) is 5.93. The highest BCUT2D eigenvalue weighted by Crippen LogP contribution is 2.20. The Bertz CT molecular complexity index is 2060. The molecule has 0 aliphatic heterocycles. The quantitative estimate of drug-likeness (QED) is 0.0190. The van der Waals surface area contributed by atoms with Crippen molar-refractivity contribution in [2.45, 2.75) is 148 Å². The Morgan fingerprint density at radius 1 is 0.532 bits per heavy atom. The van der Waals surface area contributed by atoms with E-state index in [0.29, 0.717) is 41.7 Å². The predicted octanol–water partition coefficient (Wildman–Crippen LogP) is 13.7. The standard InChI is InChI=1S/C55H69NO6/c1-3-43(2)60-36-20-16-14-12-10-8-6-4-5-7-9-11-13-15-17-21-37-61-52-32-29-48(30-33-52)55(59)62-53-34-27-47(28-35-53)54(58)40-45-25-31-50(56-42-45)41-51(57)39-44-24-26-46-22-18-19-23-49(46)38-44/h18-19,22-35,38,42-43H,3-17,20-21,36-37,39-41H2,1-2H3.